The maximum Gasteiger partial charge on any atom is 0.0824 e. The molecule has 0 aromatic heterocycles. The van der Waals surface area contributed by atoms with E-state index in [4.69, 9.17) is 4.74 Å². The van der Waals surface area contributed by atoms with E-state index in [0.717, 1.165) is 6.42 Å². The minimum atomic E-state index is 0.299. The summed E-state index contributed by atoms with van der Waals surface area (Å²) in [7, 11) is 1.81. The average Bonchev–Trinajstić information content (AvgIpc) is 2.37. The van der Waals surface area contributed by atoms with Crippen LogP contribution in [0.25, 0.3) is 10.8 Å². The normalized spacial score (nSPS) is 19.7. The van der Waals surface area contributed by atoms with E-state index in [1.165, 1.54) is 34.7 Å². The van der Waals surface area contributed by atoms with E-state index < -0.39 is 0 Å². The van der Waals surface area contributed by atoms with Gasteiger partial charge in [-0.3, -0.25) is 0 Å². The van der Waals surface area contributed by atoms with Crippen LogP contribution in [0.4, 0.5) is 0 Å². The first-order valence-corrected chi connectivity index (χ1v) is 5.93. The average molecular weight is 212 g/mol. The molecule has 0 amide bonds. The summed E-state index contributed by atoms with van der Waals surface area (Å²) in [6.45, 7) is 0. The first-order chi connectivity index (χ1) is 7.90. The molecule has 0 radical (unpaired) electrons. The van der Waals surface area contributed by atoms with Crippen molar-refractivity contribution in [3.63, 3.8) is 0 Å². The number of methoxy groups -OCH3 is 1. The van der Waals surface area contributed by atoms with Crippen molar-refractivity contribution in [2.45, 2.75) is 25.4 Å². The van der Waals surface area contributed by atoms with Crippen molar-refractivity contribution in [2.24, 2.45) is 0 Å². The highest BCUT2D eigenvalue weighted by atomic mass is 16.5. The van der Waals surface area contributed by atoms with Crippen molar-refractivity contribution < 1.29 is 4.74 Å². The molecule has 0 spiro atoms. The van der Waals surface area contributed by atoms with Gasteiger partial charge in [0, 0.05) is 7.11 Å². The summed E-state index contributed by atoms with van der Waals surface area (Å²) in [5.74, 6) is 0. The molecule has 1 unspecified atom stereocenters. The molecule has 1 nitrogen and oxygen atoms in total. The fourth-order valence-corrected chi connectivity index (χ4v) is 2.80. The largest absolute Gasteiger partial charge is 0.377 e. The Kier molecular flexibility index (Phi) is 2.41. The van der Waals surface area contributed by atoms with Crippen LogP contribution >= 0.6 is 0 Å². The topological polar surface area (TPSA) is 9.23 Å². The molecule has 1 atom stereocenters. The molecule has 0 N–H and O–H groups in total. The van der Waals surface area contributed by atoms with E-state index in [0.29, 0.717) is 6.10 Å². The zero-order valence-electron chi connectivity index (χ0n) is 9.57. The van der Waals surface area contributed by atoms with Crippen molar-refractivity contribution in [1.82, 2.24) is 0 Å². The van der Waals surface area contributed by atoms with Crippen LogP contribution in [-0.4, -0.2) is 7.11 Å². The minimum Gasteiger partial charge on any atom is -0.377 e. The Morgan fingerprint density at radius 1 is 1.12 bits per heavy atom. The number of hydrogen-bond donors (Lipinski definition) is 0. The lowest BCUT2D eigenvalue weighted by molar-refractivity contribution is 0.0883. The molecule has 0 fully saturated rings. The molecule has 16 heavy (non-hydrogen) atoms. The van der Waals surface area contributed by atoms with E-state index in [9.17, 15) is 0 Å². The van der Waals surface area contributed by atoms with Crippen molar-refractivity contribution in [3.05, 3.63) is 47.5 Å². The molecule has 0 saturated heterocycles. The Bertz CT molecular complexity index is 516. The summed E-state index contributed by atoms with van der Waals surface area (Å²) in [4.78, 5) is 0. The van der Waals surface area contributed by atoms with Crippen LogP contribution in [0.3, 0.4) is 0 Å². The molecule has 0 aliphatic heterocycles. The van der Waals surface area contributed by atoms with Crippen molar-refractivity contribution in [2.75, 3.05) is 7.11 Å². The van der Waals surface area contributed by atoms with E-state index in [-0.39, 0.29) is 0 Å². The van der Waals surface area contributed by atoms with Crippen molar-refractivity contribution in [3.8, 4) is 0 Å². The number of fused-ring (bicyclic) bond motifs is 3. The van der Waals surface area contributed by atoms with Gasteiger partial charge in [0.25, 0.3) is 0 Å². The van der Waals surface area contributed by atoms with E-state index in [2.05, 4.69) is 36.4 Å². The minimum absolute atomic E-state index is 0.299. The molecule has 0 saturated carbocycles. The highest BCUT2D eigenvalue weighted by molar-refractivity contribution is 5.87. The zero-order valence-corrected chi connectivity index (χ0v) is 9.57. The zero-order chi connectivity index (χ0) is 11.0. The van der Waals surface area contributed by atoms with Crippen LogP contribution in [0, 0.1) is 0 Å². The lowest BCUT2D eigenvalue weighted by atomic mass is 9.86. The maximum absolute atomic E-state index is 5.57. The molecule has 3 rings (SSSR count). The van der Waals surface area contributed by atoms with Gasteiger partial charge in [-0.05, 0) is 41.2 Å². The molecule has 0 bridgehead atoms. The molecular formula is C15H16O. The monoisotopic (exact) mass is 212 g/mol. The second kappa shape index (κ2) is 3.91. The first-order valence-electron chi connectivity index (χ1n) is 5.93. The Labute approximate surface area is 96.0 Å². The summed E-state index contributed by atoms with van der Waals surface area (Å²) < 4.78 is 5.57. The molecule has 1 aliphatic carbocycles. The van der Waals surface area contributed by atoms with Gasteiger partial charge in [-0.2, -0.15) is 0 Å². The highest BCUT2D eigenvalue weighted by Gasteiger charge is 2.20. The lowest BCUT2D eigenvalue weighted by Gasteiger charge is -2.25. The van der Waals surface area contributed by atoms with Gasteiger partial charge >= 0.3 is 0 Å². The van der Waals surface area contributed by atoms with Crippen LogP contribution in [0.5, 0.6) is 0 Å². The predicted molar refractivity (Wildman–Crippen MR) is 66.6 cm³/mol. The summed E-state index contributed by atoms with van der Waals surface area (Å²) in [6.07, 6.45) is 3.88. The summed E-state index contributed by atoms with van der Waals surface area (Å²) >= 11 is 0. The van der Waals surface area contributed by atoms with Crippen molar-refractivity contribution in [1.29, 1.82) is 0 Å². The number of aryl methyl sites for hydroxylation is 1. The molecule has 1 aliphatic rings. The lowest BCUT2D eigenvalue weighted by Crippen LogP contribution is -2.11. The van der Waals surface area contributed by atoms with Crippen LogP contribution in [-0.2, 0) is 11.2 Å². The first kappa shape index (κ1) is 9.86. The number of rotatable bonds is 1. The van der Waals surface area contributed by atoms with Crippen LogP contribution in [0.15, 0.2) is 36.4 Å². The fourth-order valence-electron chi connectivity index (χ4n) is 2.80. The quantitative estimate of drug-likeness (QED) is 0.697. The predicted octanol–water partition coefficient (Wildman–Crippen LogP) is 3.86. The van der Waals surface area contributed by atoms with Crippen molar-refractivity contribution >= 4 is 10.8 Å². The Morgan fingerprint density at radius 2 is 2.00 bits per heavy atom. The number of hydrogen-bond acceptors (Lipinski definition) is 1. The summed E-state index contributed by atoms with van der Waals surface area (Å²) in [6, 6.07) is 13.1. The molecule has 0 heterocycles. The third-order valence-corrected chi connectivity index (χ3v) is 3.60. The third kappa shape index (κ3) is 1.43. The molecule has 82 valence electrons. The standard InChI is InChI=1S/C15H16O/c1-16-15-8-4-7-13-12-6-3-2-5-11(12)9-10-14(13)15/h2-3,5-6,9-10,15H,4,7-8H2,1H3. The van der Waals surface area contributed by atoms with Gasteiger partial charge in [0.05, 0.1) is 6.10 Å². The highest BCUT2D eigenvalue weighted by Crippen LogP contribution is 2.36. The maximum atomic E-state index is 5.57. The second-order valence-electron chi connectivity index (χ2n) is 4.47. The molecule has 2 aromatic rings. The summed E-state index contributed by atoms with van der Waals surface area (Å²) in [5.41, 5.74) is 2.89. The summed E-state index contributed by atoms with van der Waals surface area (Å²) in [5, 5.41) is 2.75. The number of benzene rings is 2. The van der Waals surface area contributed by atoms with Gasteiger partial charge in [-0.1, -0.05) is 36.4 Å². The molecular weight excluding hydrogens is 196 g/mol. The smallest absolute Gasteiger partial charge is 0.0824 e. The Hall–Kier alpha value is -1.34. The third-order valence-electron chi connectivity index (χ3n) is 3.60. The second-order valence-corrected chi connectivity index (χ2v) is 4.47. The van der Waals surface area contributed by atoms with Gasteiger partial charge in [-0.25, -0.2) is 0 Å². The molecule has 1 heteroatoms. The SMILES string of the molecule is COC1CCCc2c1ccc1ccccc21. The number of ether oxygens (including phenoxy) is 1. The van der Waals surface area contributed by atoms with E-state index in [1.807, 2.05) is 7.11 Å². The van der Waals surface area contributed by atoms with Gasteiger partial charge in [0.15, 0.2) is 0 Å². The fraction of sp³-hybridized carbons (Fsp3) is 0.333. The van der Waals surface area contributed by atoms with Gasteiger partial charge in [-0.15, -0.1) is 0 Å². The van der Waals surface area contributed by atoms with E-state index in [1.54, 1.807) is 0 Å². The van der Waals surface area contributed by atoms with Crippen LogP contribution < -0.4 is 0 Å². The Morgan fingerprint density at radius 3 is 2.88 bits per heavy atom. The van der Waals surface area contributed by atoms with Gasteiger partial charge in [0.2, 0.25) is 0 Å². The van der Waals surface area contributed by atoms with Crippen LogP contribution in [0.2, 0.25) is 0 Å². The van der Waals surface area contributed by atoms with Gasteiger partial charge in [0.1, 0.15) is 0 Å². The Balaban J connectivity index is 2.26. The van der Waals surface area contributed by atoms with Gasteiger partial charge < -0.3 is 4.74 Å². The molecule has 2 aromatic carbocycles. The van der Waals surface area contributed by atoms with Crippen LogP contribution in [0.1, 0.15) is 30.1 Å². The van der Waals surface area contributed by atoms with E-state index >= 15 is 0 Å².